The van der Waals surface area contributed by atoms with Crippen molar-refractivity contribution in [3.63, 3.8) is 0 Å². The summed E-state index contributed by atoms with van der Waals surface area (Å²) in [5.74, 6) is -0.642. The third-order valence-electron chi connectivity index (χ3n) is 0.684. The Morgan fingerprint density at radius 3 is 2.88 bits per heavy atom. The zero-order chi connectivity index (χ0) is 5.98. The van der Waals surface area contributed by atoms with Crippen molar-refractivity contribution in [3.8, 4) is 0 Å². The van der Waals surface area contributed by atoms with E-state index in [9.17, 15) is 9.18 Å². The van der Waals surface area contributed by atoms with Gasteiger partial charge in [-0.05, 0) is 0 Å². The van der Waals surface area contributed by atoms with Gasteiger partial charge in [-0.3, -0.25) is 4.79 Å². The molecule has 0 aliphatic rings. The molecule has 0 saturated heterocycles. The van der Waals surface area contributed by atoms with E-state index in [1.165, 1.54) is 6.20 Å². The summed E-state index contributed by atoms with van der Waals surface area (Å²) >= 11 is 0. The van der Waals surface area contributed by atoms with Crippen LogP contribution >= 0.6 is 0 Å². The van der Waals surface area contributed by atoms with Crippen molar-refractivity contribution < 1.29 is 9.18 Å². The molecule has 1 rings (SSSR count). The number of rotatable bonds is 1. The lowest BCUT2D eigenvalue weighted by Crippen LogP contribution is -1.93. The lowest BCUT2D eigenvalue weighted by atomic mass is 10.7. The second kappa shape index (κ2) is 1.73. The molecule has 0 amide bonds. The van der Waals surface area contributed by atoms with E-state index in [0.29, 0.717) is 6.41 Å². The van der Waals surface area contributed by atoms with Gasteiger partial charge in [0.25, 0.3) is 0 Å². The van der Waals surface area contributed by atoms with Gasteiger partial charge in [0.2, 0.25) is 12.4 Å². The minimum atomic E-state index is -0.642. The molecule has 0 radical (unpaired) electrons. The van der Waals surface area contributed by atoms with Crippen molar-refractivity contribution in [2.75, 3.05) is 0 Å². The van der Waals surface area contributed by atoms with E-state index in [0.717, 1.165) is 10.7 Å². The van der Waals surface area contributed by atoms with Crippen LogP contribution < -0.4 is 0 Å². The van der Waals surface area contributed by atoms with Crippen LogP contribution in [0.15, 0.2) is 12.3 Å². The number of carbonyl (C=O) groups excluding carboxylic acids is 1. The van der Waals surface area contributed by atoms with Crippen LogP contribution in [0.4, 0.5) is 4.39 Å². The zero-order valence-electron chi connectivity index (χ0n) is 3.91. The largest absolute Gasteiger partial charge is 0.276 e. The molecule has 0 aromatic carbocycles. The van der Waals surface area contributed by atoms with E-state index in [-0.39, 0.29) is 0 Å². The molecule has 0 fully saturated rings. The Labute approximate surface area is 44.7 Å². The van der Waals surface area contributed by atoms with Crippen LogP contribution in [-0.4, -0.2) is 16.2 Å². The summed E-state index contributed by atoms with van der Waals surface area (Å²) in [5, 5.41) is 3.11. The molecule has 0 bridgehead atoms. The highest BCUT2D eigenvalue weighted by Gasteiger charge is 1.90. The first-order valence-electron chi connectivity index (χ1n) is 1.99. The third kappa shape index (κ3) is 0.726. The lowest BCUT2D eigenvalue weighted by molar-refractivity contribution is 0.526. The molecule has 0 N–H and O–H groups in total. The van der Waals surface area contributed by atoms with Crippen LogP contribution in [0.1, 0.15) is 0 Å². The van der Waals surface area contributed by atoms with Crippen LogP contribution in [0.3, 0.4) is 0 Å². The number of carbonyl (C=O) groups is 1. The summed E-state index contributed by atoms with van der Waals surface area (Å²) in [7, 11) is 0. The number of aromatic nitrogens is 2. The highest BCUT2D eigenvalue weighted by molar-refractivity contribution is 5.49. The lowest BCUT2D eigenvalue weighted by Gasteiger charge is -1.76. The van der Waals surface area contributed by atoms with Gasteiger partial charge in [0.1, 0.15) is 0 Å². The van der Waals surface area contributed by atoms with Gasteiger partial charge in [0.05, 0.1) is 0 Å². The quantitative estimate of drug-likeness (QED) is 0.484. The fourth-order valence-corrected chi connectivity index (χ4v) is 0.374. The van der Waals surface area contributed by atoms with Gasteiger partial charge >= 0.3 is 0 Å². The first-order chi connectivity index (χ1) is 3.83. The number of nitrogens with zero attached hydrogens (tertiary/aromatic N) is 2. The van der Waals surface area contributed by atoms with Crippen molar-refractivity contribution in [1.82, 2.24) is 9.78 Å². The van der Waals surface area contributed by atoms with Crippen molar-refractivity contribution in [2.45, 2.75) is 0 Å². The molecular weight excluding hydrogens is 111 g/mol. The van der Waals surface area contributed by atoms with Crippen LogP contribution in [-0.2, 0) is 4.79 Å². The molecule has 0 atom stereocenters. The fourth-order valence-electron chi connectivity index (χ4n) is 0.374. The van der Waals surface area contributed by atoms with Gasteiger partial charge in [-0.2, -0.15) is 4.39 Å². The fraction of sp³-hybridized carbons (Fsp3) is 0. The minimum Gasteiger partial charge on any atom is -0.276 e. The maximum Gasteiger partial charge on any atom is 0.234 e. The highest BCUT2D eigenvalue weighted by atomic mass is 19.1. The molecule has 1 aromatic rings. The molecule has 8 heavy (non-hydrogen) atoms. The Kier molecular flexibility index (Phi) is 1.07. The van der Waals surface area contributed by atoms with Crippen molar-refractivity contribution in [3.05, 3.63) is 18.2 Å². The second-order valence-corrected chi connectivity index (χ2v) is 1.22. The maximum atomic E-state index is 11.8. The van der Waals surface area contributed by atoms with E-state index in [2.05, 4.69) is 5.10 Å². The molecule has 0 spiro atoms. The highest BCUT2D eigenvalue weighted by Crippen LogP contribution is 1.87. The standard InChI is InChI=1S/C4H3FN2O/c5-4-1-2-7(3-8)6-4/h1-3H. The average molecular weight is 114 g/mol. The van der Waals surface area contributed by atoms with Gasteiger partial charge in [0, 0.05) is 12.3 Å². The summed E-state index contributed by atoms with van der Waals surface area (Å²) < 4.78 is 12.7. The van der Waals surface area contributed by atoms with E-state index in [4.69, 9.17) is 0 Å². The smallest absolute Gasteiger partial charge is 0.234 e. The summed E-state index contributed by atoms with van der Waals surface area (Å²) in [4.78, 5) is 9.75. The Morgan fingerprint density at radius 1 is 1.88 bits per heavy atom. The van der Waals surface area contributed by atoms with Crippen LogP contribution in [0, 0.1) is 5.95 Å². The van der Waals surface area contributed by atoms with Gasteiger partial charge in [0.15, 0.2) is 0 Å². The minimum absolute atomic E-state index is 0.420. The molecule has 0 aliphatic heterocycles. The summed E-state index contributed by atoms with van der Waals surface area (Å²) in [5.41, 5.74) is 0. The van der Waals surface area contributed by atoms with Crippen LogP contribution in [0.25, 0.3) is 0 Å². The van der Waals surface area contributed by atoms with Crippen molar-refractivity contribution in [1.29, 1.82) is 0 Å². The number of hydrogen-bond donors (Lipinski definition) is 0. The van der Waals surface area contributed by atoms with Crippen LogP contribution in [0.2, 0.25) is 0 Å². The molecule has 1 heterocycles. The van der Waals surface area contributed by atoms with Crippen molar-refractivity contribution >= 4 is 6.41 Å². The van der Waals surface area contributed by atoms with Gasteiger partial charge in [-0.25, -0.2) is 4.68 Å². The summed E-state index contributed by atoms with van der Waals surface area (Å²) in [6.45, 7) is 0. The molecule has 4 heteroatoms. The SMILES string of the molecule is O=Cn1ccc(F)n1. The topological polar surface area (TPSA) is 34.9 Å². The molecular formula is C4H3FN2O. The maximum absolute atomic E-state index is 11.8. The third-order valence-corrected chi connectivity index (χ3v) is 0.684. The molecule has 3 nitrogen and oxygen atoms in total. The van der Waals surface area contributed by atoms with Crippen LogP contribution in [0.5, 0.6) is 0 Å². The summed E-state index contributed by atoms with van der Waals surface area (Å²) in [6.07, 6.45) is 1.66. The average Bonchev–Trinajstić information content (AvgIpc) is 2.14. The first kappa shape index (κ1) is 4.96. The Hall–Kier alpha value is -1.19. The molecule has 0 unspecified atom stereocenters. The van der Waals surface area contributed by atoms with E-state index >= 15 is 0 Å². The Morgan fingerprint density at radius 2 is 2.62 bits per heavy atom. The van der Waals surface area contributed by atoms with Gasteiger partial charge < -0.3 is 0 Å². The Balaban J connectivity index is 3.00. The number of hydrogen-bond acceptors (Lipinski definition) is 2. The van der Waals surface area contributed by atoms with Gasteiger partial charge in [-0.1, -0.05) is 0 Å². The molecule has 0 saturated carbocycles. The molecule has 1 aromatic heterocycles. The predicted octanol–water partition coefficient (Wildman–Crippen LogP) is 0.0605. The normalized spacial score (nSPS) is 9.12. The first-order valence-corrected chi connectivity index (χ1v) is 1.99. The Bertz CT molecular complexity index is 196. The van der Waals surface area contributed by atoms with E-state index in [1.807, 2.05) is 0 Å². The number of halogens is 1. The predicted molar refractivity (Wildman–Crippen MR) is 24.3 cm³/mol. The zero-order valence-corrected chi connectivity index (χ0v) is 3.91. The van der Waals surface area contributed by atoms with E-state index < -0.39 is 5.95 Å². The van der Waals surface area contributed by atoms with E-state index in [1.54, 1.807) is 0 Å². The summed E-state index contributed by atoms with van der Waals surface area (Å²) in [6, 6.07) is 1.11. The molecule has 42 valence electrons. The molecule has 0 aliphatic carbocycles. The second-order valence-electron chi connectivity index (χ2n) is 1.22. The van der Waals surface area contributed by atoms with Gasteiger partial charge in [-0.15, -0.1) is 5.10 Å². The van der Waals surface area contributed by atoms with Crippen molar-refractivity contribution in [2.24, 2.45) is 0 Å². The monoisotopic (exact) mass is 114 g/mol.